The van der Waals surface area contributed by atoms with Gasteiger partial charge in [-0.3, -0.25) is 0 Å². The number of carboxylic acids is 1. The van der Waals surface area contributed by atoms with Crippen LogP contribution in [0.4, 0.5) is 0 Å². The molecule has 2 N–H and O–H groups in total. The van der Waals surface area contributed by atoms with E-state index in [9.17, 15) is 20.1 Å². The molecule has 0 radical (unpaired) electrons. The second-order valence-electron chi connectivity index (χ2n) is 16.3. The van der Waals surface area contributed by atoms with Gasteiger partial charge in [0.25, 0.3) is 0 Å². The van der Waals surface area contributed by atoms with Gasteiger partial charge in [0, 0.05) is 49.6 Å². The number of hydrogen-bond donors (Lipinski definition) is 2. The molecule has 5 aliphatic heterocycles. The van der Waals surface area contributed by atoms with Gasteiger partial charge in [0.05, 0.1) is 53.9 Å². The van der Waals surface area contributed by atoms with Crippen LogP contribution in [0.25, 0.3) is 0 Å². The molecule has 0 amide bonds. The van der Waals surface area contributed by atoms with E-state index in [4.69, 9.17) is 28.4 Å². The molecule has 47 heavy (non-hydrogen) atoms. The molecule has 5 fully saturated rings. The molecule has 266 valence electrons. The Labute approximate surface area is 304 Å². The van der Waals surface area contributed by atoms with Gasteiger partial charge in [0.15, 0.2) is 11.6 Å². The number of aliphatic hydroxyl groups is 2. The van der Waals surface area contributed by atoms with Crippen LogP contribution in [0.5, 0.6) is 0 Å². The molecule has 5 heterocycles. The number of hydrogen-bond acceptors (Lipinski definition) is 10. The van der Waals surface area contributed by atoms with E-state index in [1.807, 2.05) is 20.8 Å². The summed E-state index contributed by atoms with van der Waals surface area (Å²) in [5, 5.41) is 33.9. The van der Waals surface area contributed by atoms with Crippen molar-refractivity contribution in [2.75, 3.05) is 7.11 Å². The first-order valence-corrected chi connectivity index (χ1v) is 17.9. The fourth-order valence-corrected chi connectivity index (χ4v) is 9.79. The van der Waals surface area contributed by atoms with Crippen LogP contribution in [-0.2, 0) is 33.2 Å². The van der Waals surface area contributed by atoms with E-state index in [0.29, 0.717) is 19.3 Å². The van der Waals surface area contributed by atoms with Gasteiger partial charge in [0.1, 0.15) is 0 Å². The topological polar surface area (TPSA) is 136 Å². The number of carboxylic acid groups (broad SMARTS) is 1. The van der Waals surface area contributed by atoms with Crippen molar-refractivity contribution in [2.24, 2.45) is 35.5 Å². The standard InChI is InChI=1S/C36H62O10.Na/c1-11-35(31-20(3)17-26(42-31)28-19(2)16-21(4)34(9,40)44-28)13-12-27(43-35)33(8)14-15-36(46-33)18-25(37)22(5)30(45-36)23(6)29(41-10)24(7)32(38)39;/h19-31,37,40H,11-18H2,1-10H3,(H,38,39);/q;+1/p-1/t19-,20-,21+,22+,23-,24-,25-,26+,27+,28-,29+,30-,31+,33-,34-,35-,36?;/m0./s1. The Morgan fingerprint density at radius 2 is 1.70 bits per heavy atom. The van der Waals surface area contributed by atoms with Gasteiger partial charge in [-0.2, -0.15) is 0 Å². The van der Waals surface area contributed by atoms with Gasteiger partial charge in [-0.15, -0.1) is 0 Å². The number of carbonyl (C=O) groups excluding carboxylic acids is 1. The summed E-state index contributed by atoms with van der Waals surface area (Å²) in [5.41, 5.74) is -1.08. The molecule has 0 aromatic heterocycles. The zero-order chi connectivity index (χ0) is 34.0. The summed E-state index contributed by atoms with van der Waals surface area (Å²) < 4.78 is 39.5. The quantitative estimate of drug-likeness (QED) is 0.340. The molecule has 0 bridgehead atoms. The van der Waals surface area contributed by atoms with E-state index in [1.54, 1.807) is 13.8 Å². The Balaban J connectivity index is 0.00000500. The monoisotopic (exact) mass is 676 g/mol. The third-order valence-electron chi connectivity index (χ3n) is 13.0. The Kier molecular flexibility index (Phi) is 12.4. The molecular weight excluding hydrogens is 615 g/mol. The van der Waals surface area contributed by atoms with Gasteiger partial charge in [0.2, 0.25) is 0 Å². The van der Waals surface area contributed by atoms with Gasteiger partial charge in [-0.25, -0.2) is 0 Å². The molecule has 10 nitrogen and oxygen atoms in total. The fourth-order valence-electron chi connectivity index (χ4n) is 9.79. The van der Waals surface area contributed by atoms with Crippen LogP contribution in [0.2, 0.25) is 0 Å². The molecular formula is C36H61NaO10. The average molecular weight is 677 g/mol. The smallest absolute Gasteiger partial charge is 0.550 e. The molecule has 5 saturated heterocycles. The first-order valence-electron chi connectivity index (χ1n) is 17.9. The zero-order valence-corrected chi connectivity index (χ0v) is 32.8. The predicted molar refractivity (Wildman–Crippen MR) is 168 cm³/mol. The summed E-state index contributed by atoms with van der Waals surface area (Å²) in [4.78, 5) is 11.7. The maximum absolute atomic E-state index is 11.7. The maximum atomic E-state index is 11.7. The summed E-state index contributed by atoms with van der Waals surface area (Å²) in [6.07, 6.45) is 3.61. The van der Waals surface area contributed by atoms with Crippen molar-refractivity contribution < 1.29 is 78.1 Å². The normalized spacial score (nSPS) is 50.6. The second kappa shape index (κ2) is 14.6. The van der Waals surface area contributed by atoms with Crippen LogP contribution in [0.1, 0.15) is 114 Å². The van der Waals surface area contributed by atoms with Crippen LogP contribution in [-0.4, -0.2) is 88.8 Å². The van der Waals surface area contributed by atoms with E-state index in [0.717, 1.165) is 32.1 Å². The zero-order valence-electron chi connectivity index (χ0n) is 30.8. The summed E-state index contributed by atoms with van der Waals surface area (Å²) in [5.74, 6) is -4.09. The van der Waals surface area contributed by atoms with E-state index < -0.39 is 53.0 Å². The summed E-state index contributed by atoms with van der Waals surface area (Å²) in [6.45, 7) is 18.0. The Bertz CT molecular complexity index is 1090. The molecule has 1 spiro atoms. The minimum absolute atomic E-state index is 0. The van der Waals surface area contributed by atoms with Crippen molar-refractivity contribution in [1.82, 2.24) is 0 Å². The fraction of sp³-hybridized carbons (Fsp3) is 0.972. The summed E-state index contributed by atoms with van der Waals surface area (Å²) in [6, 6.07) is 0. The van der Waals surface area contributed by atoms with Gasteiger partial charge < -0.3 is 48.5 Å². The largest absolute Gasteiger partial charge is 1.00 e. The van der Waals surface area contributed by atoms with Gasteiger partial charge in [-0.05, 0) is 64.2 Å². The van der Waals surface area contributed by atoms with Crippen LogP contribution in [0.3, 0.4) is 0 Å². The number of rotatable bonds is 9. The van der Waals surface area contributed by atoms with Crippen LogP contribution >= 0.6 is 0 Å². The Morgan fingerprint density at radius 3 is 2.32 bits per heavy atom. The minimum Gasteiger partial charge on any atom is -0.550 e. The van der Waals surface area contributed by atoms with Crippen molar-refractivity contribution in [3.8, 4) is 0 Å². The minimum atomic E-state index is -1.17. The first kappa shape index (κ1) is 39.9. The van der Waals surface area contributed by atoms with E-state index in [-0.39, 0.29) is 83.6 Å². The molecule has 0 aromatic rings. The third kappa shape index (κ3) is 7.41. The molecule has 17 atom stereocenters. The maximum Gasteiger partial charge on any atom is 1.00 e. The Hall–Kier alpha value is 0.150. The van der Waals surface area contributed by atoms with Gasteiger partial charge >= 0.3 is 29.6 Å². The van der Waals surface area contributed by atoms with E-state index >= 15 is 0 Å². The summed E-state index contributed by atoms with van der Waals surface area (Å²) >= 11 is 0. The number of carbonyl (C=O) groups is 1. The number of ether oxygens (including phenoxy) is 6. The van der Waals surface area contributed by atoms with Crippen molar-refractivity contribution in [1.29, 1.82) is 0 Å². The predicted octanol–water partition coefficient (Wildman–Crippen LogP) is 0.970. The van der Waals surface area contributed by atoms with Crippen molar-refractivity contribution in [3.63, 3.8) is 0 Å². The van der Waals surface area contributed by atoms with Crippen molar-refractivity contribution >= 4 is 5.97 Å². The van der Waals surface area contributed by atoms with Crippen LogP contribution < -0.4 is 34.7 Å². The number of aliphatic carboxylic acids is 1. The average Bonchev–Trinajstić information content (AvgIpc) is 3.69. The molecule has 0 saturated carbocycles. The number of methoxy groups -OCH3 is 1. The van der Waals surface area contributed by atoms with E-state index in [1.165, 1.54) is 7.11 Å². The Morgan fingerprint density at radius 1 is 1.02 bits per heavy atom. The van der Waals surface area contributed by atoms with Crippen molar-refractivity contribution in [3.05, 3.63) is 0 Å². The van der Waals surface area contributed by atoms with Crippen LogP contribution in [0.15, 0.2) is 0 Å². The molecule has 5 aliphatic rings. The first-order chi connectivity index (χ1) is 21.4. The molecule has 5 rings (SSSR count). The van der Waals surface area contributed by atoms with E-state index in [2.05, 4.69) is 27.7 Å². The number of aliphatic hydroxyl groups excluding tert-OH is 1. The SMILES string of the molecule is CC[C@@]1([C@@H]2O[C@@H]([C@H]3O[C@](C)(O)[C@H](C)C[C@@H]3C)C[C@@H]2C)CC[C@H]([C@]2(C)CCC3(C[C@H](O)[C@@H](C)[C@@H]([C@@H](C)[C@@H](OC)[C@H](C)C(=O)[O-])O3)O2)O1.[Na+]. The molecule has 0 aromatic carbocycles. The van der Waals surface area contributed by atoms with Gasteiger partial charge in [-0.1, -0.05) is 48.5 Å². The molecule has 0 aliphatic carbocycles. The third-order valence-corrected chi connectivity index (χ3v) is 13.0. The van der Waals surface area contributed by atoms with Crippen molar-refractivity contribution in [2.45, 2.75) is 179 Å². The summed E-state index contributed by atoms with van der Waals surface area (Å²) in [7, 11) is 1.50. The molecule has 1 unspecified atom stereocenters. The second-order valence-corrected chi connectivity index (χ2v) is 16.3. The molecule has 11 heteroatoms. The van der Waals surface area contributed by atoms with Crippen LogP contribution in [0, 0.1) is 35.5 Å².